The summed E-state index contributed by atoms with van der Waals surface area (Å²) >= 11 is 0. The van der Waals surface area contributed by atoms with Crippen LogP contribution >= 0.6 is 0 Å². The van der Waals surface area contributed by atoms with Gasteiger partial charge in [0.2, 0.25) is 0 Å². The molecule has 3 heteroatoms. The minimum Gasteiger partial charge on any atom is -0.300 e. The fourth-order valence-electron chi connectivity index (χ4n) is 4.57. The van der Waals surface area contributed by atoms with E-state index < -0.39 is 16.1 Å². The Bertz CT molecular complexity index is 584. The van der Waals surface area contributed by atoms with Crippen LogP contribution in [0.4, 0.5) is 0 Å². The third kappa shape index (κ3) is 3.48. The van der Waals surface area contributed by atoms with Crippen molar-refractivity contribution in [3.63, 3.8) is 0 Å². The Labute approximate surface area is 151 Å². The molecular weight excluding hydrogens is 324 g/mol. The Balaban J connectivity index is 2.37. The molecule has 0 amide bonds. The SMILES string of the molecule is CC(=O)[C@H]1C[C@H]([Si](C)(C)C(C)(C)C)C[C@@H]1[Si](C)(C)c1ccccc1. The van der Waals surface area contributed by atoms with E-state index in [1.165, 1.54) is 11.6 Å². The predicted molar refractivity (Wildman–Crippen MR) is 112 cm³/mol. The average Bonchev–Trinajstić information content (AvgIpc) is 2.93. The molecule has 2 rings (SSSR count). The Hall–Kier alpha value is -0.676. The third-order valence-electron chi connectivity index (χ3n) is 7.48. The van der Waals surface area contributed by atoms with Gasteiger partial charge in [0, 0.05) is 5.92 Å². The van der Waals surface area contributed by atoms with Crippen molar-refractivity contribution in [1.29, 1.82) is 0 Å². The molecule has 1 aromatic rings. The molecule has 134 valence electrons. The standard InChI is InChI=1S/C21H36OSi2/c1-16(22)19-14-18(24(7,8)21(2,3)4)15-20(19)23(5,6)17-12-10-9-11-13-17/h9-13,18-20H,14-15H2,1-8H3/t18-,19+,20-/m0/s1. The normalized spacial score (nSPS) is 25.8. The summed E-state index contributed by atoms with van der Waals surface area (Å²) in [6.45, 7) is 19.1. The molecule has 1 aliphatic carbocycles. The molecular formula is C21H36OSi2. The maximum absolute atomic E-state index is 12.5. The summed E-state index contributed by atoms with van der Waals surface area (Å²) < 4.78 is 0. The van der Waals surface area contributed by atoms with Crippen molar-refractivity contribution in [2.75, 3.05) is 0 Å². The molecule has 1 saturated carbocycles. The first kappa shape index (κ1) is 19.6. The average molecular weight is 361 g/mol. The van der Waals surface area contributed by atoms with Gasteiger partial charge in [-0.25, -0.2) is 0 Å². The van der Waals surface area contributed by atoms with Gasteiger partial charge in [0.1, 0.15) is 5.78 Å². The van der Waals surface area contributed by atoms with Crippen molar-refractivity contribution >= 4 is 27.1 Å². The smallest absolute Gasteiger partial charge is 0.132 e. The fourth-order valence-corrected chi connectivity index (χ4v) is 11.4. The number of hydrogen-bond acceptors (Lipinski definition) is 1. The summed E-state index contributed by atoms with van der Waals surface area (Å²) in [5.41, 5.74) is 1.36. The molecule has 0 N–H and O–H groups in total. The summed E-state index contributed by atoms with van der Waals surface area (Å²) in [4.78, 5) is 12.5. The minimum absolute atomic E-state index is 0.283. The molecule has 24 heavy (non-hydrogen) atoms. The highest BCUT2D eigenvalue weighted by Gasteiger charge is 2.53. The van der Waals surface area contributed by atoms with Gasteiger partial charge in [-0.3, -0.25) is 4.79 Å². The van der Waals surface area contributed by atoms with E-state index in [9.17, 15) is 4.79 Å². The lowest BCUT2D eigenvalue weighted by Gasteiger charge is -2.42. The van der Waals surface area contributed by atoms with E-state index in [2.05, 4.69) is 77.3 Å². The second kappa shape index (κ2) is 6.56. The number of benzene rings is 1. The Kier molecular flexibility index (Phi) is 5.37. The quantitative estimate of drug-likeness (QED) is 0.615. The number of ketones is 1. The van der Waals surface area contributed by atoms with E-state index in [1.807, 2.05) is 6.92 Å². The molecule has 1 nitrogen and oxygen atoms in total. The van der Waals surface area contributed by atoms with Crippen molar-refractivity contribution < 1.29 is 4.79 Å². The summed E-state index contributed by atoms with van der Waals surface area (Å²) in [6.07, 6.45) is 2.41. The van der Waals surface area contributed by atoms with Gasteiger partial charge < -0.3 is 0 Å². The third-order valence-corrected chi connectivity index (χ3v) is 18.2. The van der Waals surface area contributed by atoms with Crippen LogP contribution in [0.1, 0.15) is 40.5 Å². The van der Waals surface area contributed by atoms with Gasteiger partial charge >= 0.3 is 0 Å². The fraction of sp³-hybridized carbons (Fsp3) is 0.667. The second-order valence-electron chi connectivity index (χ2n) is 10.1. The lowest BCUT2D eigenvalue weighted by atomic mass is 10.0. The largest absolute Gasteiger partial charge is 0.300 e. The van der Waals surface area contributed by atoms with Gasteiger partial charge in [-0.15, -0.1) is 0 Å². The number of Topliss-reactive ketones (excluding diaryl/α,β-unsaturated/α-hetero) is 1. The van der Waals surface area contributed by atoms with Gasteiger partial charge in [-0.1, -0.05) is 88.9 Å². The van der Waals surface area contributed by atoms with Crippen LogP contribution in [0.15, 0.2) is 30.3 Å². The van der Waals surface area contributed by atoms with Crippen molar-refractivity contribution in [2.45, 2.75) is 82.8 Å². The van der Waals surface area contributed by atoms with Gasteiger partial charge in [-0.05, 0) is 29.5 Å². The van der Waals surface area contributed by atoms with Crippen LogP contribution in [0.2, 0.25) is 42.3 Å². The van der Waals surface area contributed by atoms with E-state index in [1.54, 1.807) is 0 Å². The summed E-state index contributed by atoms with van der Waals surface area (Å²) in [7, 11) is -3.06. The van der Waals surface area contributed by atoms with E-state index in [-0.39, 0.29) is 5.92 Å². The van der Waals surface area contributed by atoms with Crippen LogP contribution < -0.4 is 5.19 Å². The molecule has 0 saturated heterocycles. The monoisotopic (exact) mass is 360 g/mol. The van der Waals surface area contributed by atoms with Crippen molar-refractivity contribution in [1.82, 2.24) is 0 Å². The van der Waals surface area contributed by atoms with Crippen LogP contribution in [0.25, 0.3) is 0 Å². The van der Waals surface area contributed by atoms with Crippen molar-refractivity contribution in [3.05, 3.63) is 30.3 Å². The molecule has 0 radical (unpaired) electrons. The zero-order valence-corrected chi connectivity index (χ0v) is 18.9. The van der Waals surface area contributed by atoms with Crippen LogP contribution in [0, 0.1) is 5.92 Å². The molecule has 0 bridgehead atoms. The molecule has 1 aliphatic rings. The molecule has 0 spiro atoms. The molecule has 3 atom stereocenters. The van der Waals surface area contributed by atoms with Crippen LogP contribution in [0.5, 0.6) is 0 Å². The Morgan fingerprint density at radius 3 is 2.00 bits per heavy atom. The highest BCUT2D eigenvalue weighted by Crippen LogP contribution is 2.57. The van der Waals surface area contributed by atoms with Crippen molar-refractivity contribution in [3.8, 4) is 0 Å². The lowest BCUT2D eigenvalue weighted by molar-refractivity contribution is -0.120. The van der Waals surface area contributed by atoms with Gasteiger partial charge in [-0.2, -0.15) is 0 Å². The number of carbonyl (C=O) groups excluding carboxylic acids is 1. The number of hydrogen-bond donors (Lipinski definition) is 0. The van der Waals surface area contributed by atoms with Crippen LogP contribution in [-0.4, -0.2) is 21.9 Å². The van der Waals surface area contributed by atoms with Gasteiger partial charge in [0.05, 0.1) is 16.1 Å². The number of rotatable bonds is 4. The minimum atomic E-state index is -1.65. The first-order chi connectivity index (χ1) is 10.9. The van der Waals surface area contributed by atoms with Crippen LogP contribution in [-0.2, 0) is 4.79 Å². The van der Waals surface area contributed by atoms with Gasteiger partial charge in [0.25, 0.3) is 0 Å². The molecule has 1 aromatic carbocycles. The molecule has 0 unspecified atom stereocenters. The zero-order valence-electron chi connectivity index (χ0n) is 16.9. The summed E-state index contributed by atoms with van der Waals surface area (Å²) in [5.74, 6) is 0.712. The van der Waals surface area contributed by atoms with Crippen molar-refractivity contribution in [2.24, 2.45) is 5.92 Å². The first-order valence-corrected chi connectivity index (χ1v) is 15.6. The zero-order chi connectivity index (χ0) is 18.3. The highest BCUT2D eigenvalue weighted by atomic mass is 28.3. The first-order valence-electron chi connectivity index (χ1n) is 9.45. The summed E-state index contributed by atoms with van der Waals surface area (Å²) in [6, 6.07) is 11.0. The maximum Gasteiger partial charge on any atom is 0.132 e. The van der Waals surface area contributed by atoms with Gasteiger partial charge in [0.15, 0.2) is 0 Å². The maximum atomic E-state index is 12.5. The topological polar surface area (TPSA) is 17.1 Å². The van der Waals surface area contributed by atoms with E-state index in [4.69, 9.17) is 0 Å². The molecule has 1 fully saturated rings. The Morgan fingerprint density at radius 1 is 1.00 bits per heavy atom. The number of carbonyl (C=O) groups is 1. The molecule has 0 aliphatic heterocycles. The van der Waals surface area contributed by atoms with E-state index in [0.29, 0.717) is 16.4 Å². The second-order valence-corrected chi connectivity index (χ2v) is 20.6. The Morgan fingerprint density at radius 2 is 1.54 bits per heavy atom. The molecule has 0 heterocycles. The summed E-state index contributed by atoms with van der Waals surface area (Å²) in [5, 5.41) is 1.91. The van der Waals surface area contributed by atoms with E-state index in [0.717, 1.165) is 12.0 Å². The molecule has 0 aromatic heterocycles. The highest BCUT2D eigenvalue weighted by molar-refractivity contribution is 6.91. The van der Waals surface area contributed by atoms with Crippen LogP contribution in [0.3, 0.4) is 0 Å². The van der Waals surface area contributed by atoms with E-state index >= 15 is 0 Å². The lowest BCUT2D eigenvalue weighted by Crippen LogP contribution is -2.48. The predicted octanol–water partition coefficient (Wildman–Crippen LogP) is 5.85.